The van der Waals surface area contributed by atoms with Crippen LogP contribution in [0.5, 0.6) is 0 Å². The fraction of sp³-hybridized carbons (Fsp3) is 0.350. The van der Waals surface area contributed by atoms with E-state index < -0.39 is 60.7 Å². The van der Waals surface area contributed by atoms with Gasteiger partial charge >= 0.3 is 5.97 Å². The largest absolute Gasteiger partial charge is 0.480 e. The maximum atomic E-state index is 13.0. The molecule has 4 amide bonds. The van der Waals surface area contributed by atoms with Crippen molar-refractivity contribution in [2.24, 2.45) is 11.5 Å². The van der Waals surface area contributed by atoms with E-state index in [1.807, 2.05) is 24.3 Å². The average molecular weight is 446 g/mol. The van der Waals surface area contributed by atoms with E-state index in [1.54, 1.807) is 6.20 Å². The highest BCUT2D eigenvalue weighted by Crippen LogP contribution is 2.19. The molecule has 0 fully saturated rings. The minimum absolute atomic E-state index is 0.0638. The van der Waals surface area contributed by atoms with Crippen LogP contribution in [-0.4, -0.2) is 64.4 Å². The predicted molar refractivity (Wildman–Crippen MR) is 114 cm³/mol. The molecule has 3 atom stereocenters. The minimum atomic E-state index is -1.42. The lowest BCUT2D eigenvalue weighted by Crippen LogP contribution is -2.57. The number of H-pyrrole nitrogens is 1. The average Bonchev–Trinajstić information content (AvgIpc) is 3.13. The van der Waals surface area contributed by atoms with Gasteiger partial charge in [-0.2, -0.15) is 0 Å². The number of carbonyl (C=O) groups is 5. The summed E-state index contributed by atoms with van der Waals surface area (Å²) in [6.07, 6.45) is 1.20. The van der Waals surface area contributed by atoms with Crippen molar-refractivity contribution < 1.29 is 29.1 Å². The maximum absolute atomic E-state index is 13.0. The highest BCUT2D eigenvalue weighted by Gasteiger charge is 2.29. The molecule has 12 heteroatoms. The topological polar surface area (TPSA) is 209 Å². The van der Waals surface area contributed by atoms with Crippen LogP contribution in [0.4, 0.5) is 0 Å². The van der Waals surface area contributed by atoms with E-state index in [0.717, 1.165) is 16.5 Å². The molecule has 2 rings (SSSR count). The van der Waals surface area contributed by atoms with Crippen LogP contribution in [0.1, 0.15) is 18.9 Å². The van der Waals surface area contributed by atoms with Gasteiger partial charge in [0.05, 0.1) is 12.5 Å². The number of nitrogens with two attached hydrogens (primary N) is 2. The first kappa shape index (κ1) is 24.3. The van der Waals surface area contributed by atoms with Crippen molar-refractivity contribution in [2.45, 2.75) is 37.9 Å². The van der Waals surface area contributed by atoms with Crippen molar-refractivity contribution >= 4 is 40.5 Å². The van der Waals surface area contributed by atoms with Crippen LogP contribution < -0.4 is 27.4 Å². The van der Waals surface area contributed by atoms with Gasteiger partial charge in [-0.3, -0.25) is 24.0 Å². The number of para-hydroxylation sites is 1. The van der Waals surface area contributed by atoms with E-state index in [1.165, 1.54) is 6.92 Å². The highest BCUT2D eigenvalue weighted by molar-refractivity contribution is 5.96. The summed E-state index contributed by atoms with van der Waals surface area (Å²) in [7, 11) is 0. The van der Waals surface area contributed by atoms with Gasteiger partial charge in [-0.15, -0.1) is 0 Å². The van der Waals surface area contributed by atoms with Gasteiger partial charge in [-0.05, 0) is 18.6 Å². The van der Waals surface area contributed by atoms with Crippen molar-refractivity contribution in [3.05, 3.63) is 36.0 Å². The molecule has 0 saturated carbocycles. The molecule has 3 unspecified atom stereocenters. The summed E-state index contributed by atoms with van der Waals surface area (Å²) in [4.78, 5) is 62.5. The van der Waals surface area contributed by atoms with Gasteiger partial charge < -0.3 is 37.5 Å². The van der Waals surface area contributed by atoms with E-state index in [9.17, 15) is 24.0 Å². The van der Waals surface area contributed by atoms with Crippen LogP contribution in [0, 0.1) is 0 Å². The first-order valence-electron chi connectivity index (χ1n) is 9.77. The second-order valence-electron chi connectivity index (χ2n) is 7.26. The summed E-state index contributed by atoms with van der Waals surface area (Å²) in [5.41, 5.74) is 12.3. The molecule has 0 aliphatic heterocycles. The van der Waals surface area contributed by atoms with Gasteiger partial charge in [0.2, 0.25) is 23.6 Å². The number of fused-ring (bicyclic) bond motifs is 1. The number of aromatic amines is 1. The Kier molecular flexibility index (Phi) is 8.30. The number of aromatic nitrogens is 1. The molecule has 0 bridgehead atoms. The Balaban J connectivity index is 2.24. The van der Waals surface area contributed by atoms with E-state index >= 15 is 0 Å². The maximum Gasteiger partial charge on any atom is 0.322 e. The number of carboxylic acids is 1. The van der Waals surface area contributed by atoms with Crippen LogP contribution in [0.3, 0.4) is 0 Å². The van der Waals surface area contributed by atoms with Crippen molar-refractivity contribution in [1.82, 2.24) is 20.9 Å². The quantitative estimate of drug-likeness (QED) is 0.208. The van der Waals surface area contributed by atoms with Gasteiger partial charge in [0, 0.05) is 23.5 Å². The predicted octanol–water partition coefficient (Wildman–Crippen LogP) is -1.90. The molecule has 1 aromatic carbocycles. The summed E-state index contributed by atoms with van der Waals surface area (Å²) >= 11 is 0. The number of primary amides is 1. The van der Waals surface area contributed by atoms with Crippen LogP contribution in [0.15, 0.2) is 30.5 Å². The molecule has 9 N–H and O–H groups in total. The molecule has 2 aromatic rings. The molecule has 0 saturated heterocycles. The van der Waals surface area contributed by atoms with Gasteiger partial charge in [-0.25, -0.2) is 0 Å². The molecule has 1 aromatic heterocycles. The van der Waals surface area contributed by atoms with Crippen LogP contribution in [0.25, 0.3) is 10.9 Å². The molecular weight excluding hydrogens is 420 g/mol. The number of aliphatic carboxylic acids is 1. The third-order valence-electron chi connectivity index (χ3n) is 4.60. The molecule has 0 radical (unpaired) electrons. The number of benzene rings is 1. The van der Waals surface area contributed by atoms with Crippen LogP contribution in [0.2, 0.25) is 0 Å². The fourth-order valence-electron chi connectivity index (χ4n) is 3.00. The summed E-state index contributed by atoms with van der Waals surface area (Å²) in [6, 6.07) is 3.92. The number of carboxylic acid groups (broad SMARTS) is 1. The number of hydrogen-bond acceptors (Lipinski definition) is 6. The number of rotatable bonds is 11. The van der Waals surface area contributed by atoms with Gasteiger partial charge in [0.1, 0.15) is 18.6 Å². The van der Waals surface area contributed by atoms with E-state index in [2.05, 4.69) is 20.9 Å². The first-order chi connectivity index (χ1) is 15.1. The second-order valence-corrected chi connectivity index (χ2v) is 7.26. The molecule has 1 heterocycles. The second kappa shape index (κ2) is 10.9. The Morgan fingerprint density at radius 3 is 2.31 bits per heavy atom. The molecule has 0 spiro atoms. The Morgan fingerprint density at radius 1 is 1.03 bits per heavy atom. The molecule has 0 aliphatic carbocycles. The number of carbonyl (C=O) groups excluding carboxylic acids is 4. The van der Waals surface area contributed by atoms with Crippen LogP contribution in [-0.2, 0) is 30.4 Å². The van der Waals surface area contributed by atoms with E-state index in [0.29, 0.717) is 0 Å². The summed E-state index contributed by atoms with van der Waals surface area (Å²) in [6.45, 7) is 0.745. The monoisotopic (exact) mass is 446 g/mol. The highest BCUT2D eigenvalue weighted by atomic mass is 16.4. The van der Waals surface area contributed by atoms with Gasteiger partial charge in [0.15, 0.2) is 0 Å². The summed E-state index contributed by atoms with van der Waals surface area (Å²) < 4.78 is 0. The normalized spacial score (nSPS) is 13.6. The molecule has 32 heavy (non-hydrogen) atoms. The molecular formula is C20H26N6O6. The van der Waals surface area contributed by atoms with Crippen LogP contribution >= 0.6 is 0 Å². The van der Waals surface area contributed by atoms with E-state index in [-0.39, 0.29) is 6.42 Å². The van der Waals surface area contributed by atoms with Crippen molar-refractivity contribution in [2.75, 3.05) is 6.54 Å². The lowest BCUT2D eigenvalue weighted by molar-refractivity contribution is -0.138. The molecule has 12 nitrogen and oxygen atoms in total. The van der Waals surface area contributed by atoms with Gasteiger partial charge in [-0.1, -0.05) is 18.2 Å². The molecule has 172 valence electrons. The number of amides is 4. The lowest BCUT2D eigenvalue weighted by atomic mass is 10.0. The minimum Gasteiger partial charge on any atom is -0.480 e. The van der Waals surface area contributed by atoms with Crippen molar-refractivity contribution in [1.29, 1.82) is 0 Å². The summed E-state index contributed by atoms with van der Waals surface area (Å²) in [5, 5.41) is 16.6. The first-order valence-corrected chi connectivity index (χ1v) is 9.77. The molecule has 0 aliphatic rings. The van der Waals surface area contributed by atoms with Gasteiger partial charge in [0.25, 0.3) is 0 Å². The van der Waals surface area contributed by atoms with E-state index in [4.69, 9.17) is 16.6 Å². The zero-order valence-electron chi connectivity index (χ0n) is 17.4. The Morgan fingerprint density at radius 2 is 1.69 bits per heavy atom. The third-order valence-corrected chi connectivity index (χ3v) is 4.60. The fourth-order valence-corrected chi connectivity index (χ4v) is 3.00. The lowest BCUT2D eigenvalue weighted by Gasteiger charge is -2.23. The number of hydrogen-bond donors (Lipinski definition) is 7. The summed E-state index contributed by atoms with van der Waals surface area (Å²) in [5.74, 6) is -4.44. The SMILES string of the molecule is CC(N)C(=O)NC(Cc1c[nH]c2ccccc12)C(=O)NC(CC(N)=O)C(=O)NCC(=O)O. The zero-order chi connectivity index (χ0) is 23.8. The Bertz CT molecular complexity index is 1020. The number of nitrogens with one attached hydrogen (secondary N) is 4. The Labute approximate surface area is 183 Å². The third kappa shape index (κ3) is 6.80. The Hall–Kier alpha value is -3.93. The zero-order valence-corrected chi connectivity index (χ0v) is 17.4. The van der Waals surface area contributed by atoms with Crippen molar-refractivity contribution in [3.8, 4) is 0 Å². The standard InChI is InChI=1S/C20H26N6O6/c1-10(21)18(30)25-14(6-11-8-23-13-5-3-2-4-12(11)13)20(32)26-15(7-16(22)27)19(31)24-9-17(28)29/h2-5,8,10,14-15,23H,6-7,9,21H2,1H3,(H2,22,27)(H,24,31)(H,25,30)(H,26,32)(H,28,29). The van der Waals surface area contributed by atoms with Crippen molar-refractivity contribution in [3.63, 3.8) is 0 Å². The smallest absolute Gasteiger partial charge is 0.322 e.